The SMILES string of the molecule is CC/C(=C/N)C(=NC)C1(C)CC1. The Morgan fingerprint density at radius 2 is 2.17 bits per heavy atom. The Morgan fingerprint density at radius 3 is 2.42 bits per heavy atom. The number of allylic oxidation sites excluding steroid dienone is 1. The molecule has 0 atom stereocenters. The van der Waals surface area contributed by atoms with Gasteiger partial charge in [-0.05, 0) is 31.0 Å². The van der Waals surface area contributed by atoms with Crippen LogP contribution in [0.2, 0.25) is 0 Å². The summed E-state index contributed by atoms with van der Waals surface area (Å²) in [4.78, 5) is 4.33. The lowest BCUT2D eigenvalue weighted by atomic mass is 9.94. The topological polar surface area (TPSA) is 38.4 Å². The Morgan fingerprint density at radius 1 is 1.58 bits per heavy atom. The molecule has 0 bridgehead atoms. The summed E-state index contributed by atoms with van der Waals surface area (Å²) in [5.41, 5.74) is 8.31. The minimum Gasteiger partial charge on any atom is -0.404 e. The zero-order valence-corrected chi connectivity index (χ0v) is 8.22. The molecule has 12 heavy (non-hydrogen) atoms. The van der Waals surface area contributed by atoms with Crippen LogP contribution in [-0.2, 0) is 0 Å². The average molecular weight is 166 g/mol. The van der Waals surface area contributed by atoms with Crippen molar-refractivity contribution < 1.29 is 0 Å². The molecule has 0 aromatic carbocycles. The highest BCUT2D eigenvalue weighted by Gasteiger charge is 2.42. The summed E-state index contributed by atoms with van der Waals surface area (Å²) in [6.07, 6.45) is 5.21. The van der Waals surface area contributed by atoms with Gasteiger partial charge >= 0.3 is 0 Å². The zero-order chi connectivity index (χ0) is 9.19. The van der Waals surface area contributed by atoms with Crippen LogP contribution in [0.1, 0.15) is 33.1 Å². The van der Waals surface area contributed by atoms with Crippen molar-refractivity contribution in [3.05, 3.63) is 11.8 Å². The van der Waals surface area contributed by atoms with E-state index in [9.17, 15) is 0 Å². The standard InChI is InChI=1S/C10H18N2/c1-4-8(7-11)9(12-3)10(2)5-6-10/h7H,4-6,11H2,1-3H3/b8-7-,12-9?. The Kier molecular flexibility index (Phi) is 2.55. The Labute approximate surface area is 74.6 Å². The minimum atomic E-state index is 0.343. The van der Waals surface area contributed by atoms with E-state index >= 15 is 0 Å². The van der Waals surface area contributed by atoms with Crippen molar-refractivity contribution in [1.82, 2.24) is 0 Å². The van der Waals surface area contributed by atoms with Crippen molar-refractivity contribution in [2.45, 2.75) is 33.1 Å². The first-order valence-electron chi connectivity index (χ1n) is 4.56. The van der Waals surface area contributed by atoms with Crippen molar-refractivity contribution >= 4 is 5.71 Å². The van der Waals surface area contributed by atoms with Gasteiger partial charge in [0.1, 0.15) is 0 Å². The van der Waals surface area contributed by atoms with Crippen molar-refractivity contribution in [2.24, 2.45) is 16.1 Å². The van der Waals surface area contributed by atoms with E-state index in [0.29, 0.717) is 5.41 Å². The molecule has 0 amide bonds. The van der Waals surface area contributed by atoms with Gasteiger partial charge in [-0.15, -0.1) is 0 Å². The van der Waals surface area contributed by atoms with E-state index in [1.807, 2.05) is 7.05 Å². The van der Waals surface area contributed by atoms with Crippen LogP contribution in [0.25, 0.3) is 0 Å². The van der Waals surface area contributed by atoms with Crippen molar-refractivity contribution in [2.75, 3.05) is 7.05 Å². The lowest BCUT2D eigenvalue weighted by Gasteiger charge is -2.14. The molecule has 1 rings (SSSR count). The summed E-state index contributed by atoms with van der Waals surface area (Å²) in [6.45, 7) is 4.38. The smallest absolute Gasteiger partial charge is 0.0449 e. The van der Waals surface area contributed by atoms with Crippen LogP contribution in [-0.4, -0.2) is 12.8 Å². The fourth-order valence-electron chi connectivity index (χ4n) is 1.59. The molecular weight excluding hydrogens is 148 g/mol. The predicted molar refractivity (Wildman–Crippen MR) is 53.3 cm³/mol. The van der Waals surface area contributed by atoms with Crippen molar-refractivity contribution in [3.63, 3.8) is 0 Å². The molecule has 68 valence electrons. The normalized spacial score (nSPS) is 22.6. The molecule has 0 aliphatic heterocycles. The molecule has 1 aliphatic carbocycles. The van der Waals surface area contributed by atoms with Crippen LogP contribution in [0, 0.1) is 5.41 Å². The van der Waals surface area contributed by atoms with Gasteiger partial charge in [0.2, 0.25) is 0 Å². The number of hydrogen-bond acceptors (Lipinski definition) is 2. The van der Waals surface area contributed by atoms with Gasteiger partial charge in [0.15, 0.2) is 0 Å². The van der Waals surface area contributed by atoms with Gasteiger partial charge in [-0.3, -0.25) is 4.99 Å². The molecule has 0 saturated heterocycles. The van der Waals surface area contributed by atoms with Gasteiger partial charge in [-0.25, -0.2) is 0 Å². The fraction of sp³-hybridized carbons (Fsp3) is 0.700. The van der Waals surface area contributed by atoms with E-state index in [2.05, 4.69) is 18.8 Å². The van der Waals surface area contributed by atoms with Gasteiger partial charge in [-0.2, -0.15) is 0 Å². The highest BCUT2D eigenvalue weighted by Crippen LogP contribution is 2.48. The maximum atomic E-state index is 5.54. The molecule has 0 spiro atoms. The average Bonchev–Trinajstić information content (AvgIpc) is 2.80. The van der Waals surface area contributed by atoms with Gasteiger partial charge in [0.25, 0.3) is 0 Å². The molecule has 0 unspecified atom stereocenters. The largest absolute Gasteiger partial charge is 0.404 e. The Bertz CT molecular complexity index is 222. The van der Waals surface area contributed by atoms with E-state index in [1.54, 1.807) is 6.20 Å². The van der Waals surface area contributed by atoms with E-state index in [4.69, 9.17) is 5.73 Å². The lowest BCUT2D eigenvalue weighted by Crippen LogP contribution is -2.15. The van der Waals surface area contributed by atoms with Gasteiger partial charge < -0.3 is 5.73 Å². The second-order valence-corrected chi connectivity index (χ2v) is 3.68. The molecule has 2 nitrogen and oxygen atoms in total. The third kappa shape index (κ3) is 1.52. The monoisotopic (exact) mass is 166 g/mol. The van der Waals surface area contributed by atoms with E-state index in [1.165, 1.54) is 24.1 Å². The number of hydrogen-bond donors (Lipinski definition) is 1. The van der Waals surface area contributed by atoms with Crippen LogP contribution in [0.5, 0.6) is 0 Å². The fourth-order valence-corrected chi connectivity index (χ4v) is 1.59. The molecule has 0 aromatic rings. The third-order valence-corrected chi connectivity index (χ3v) is 2.68. The highest BCUT2D eigenvalue weighted by molar-refractivity contribution is 6.05. The summed E-state index contributed by atoms with van der Waals surface area (Å²) >= 11 is 0. The summed E-state index contributed by atoms with van der Waals surface area (Å²) in [5.74, 6) is 0. The maximum Gasteiger partial charge on any atom is 0.0449 e. The number of aliphatic imine (C=N–C) groups is 1. The summed E-state index contributed by atoms with van der Waals surface area (Å²) in [7, 11) is 1.86. The molecule has 2 heteroatoms. The lowest BCUT2D eigenvalue weighted by molar-refractivity contribution is 0.793. The molecule has 1 aliphatic rings. The van der Waals surface area contributed by atoms with Crippen LogP contribution < -0.4 is 5.73 Å². The Hall–Kier alpha value is -0.790. The molecule has 0 radical (unpaired) electrons. The first kappa shape index (κ1) is 9.30. The molecule has 1 saturated carbocycles. The third-order valence-electron chi connectivity index (χ3n) is 2.68. The second kappa shape index (κ2) is 3.30. The van der Waals surface area contributed by atoms with Crippen LogP contribution in [0.4, 0.5) is 0 Å². The first-order valence-corrected chi connectivity index (χ1v) is 4.56. The summed E-state index contributed by atoms with van der Waals surface area (Å²) < 4.78 is 0. The van der Waals surface area contributed by atoms with Gasteiger partial charge in [-0.1, -0.05) is 13.8 Å². The summed E-state index contributed by atoms with van der Waals surface area (Å²) in [5, 5.41) is 0. The Balaban J connectivity index is 2.83. The van der Waals surface area contributed by atoms with Gasteiger partial charge in [0, 0.05) is 18.2 Å². The van der Waals surface area contributed by atoms with E-state index in [0.717, 1.165) is 6.42 Å². The number of rotatable bonds is 3. The van der Waals surface area contributed by atoms with Crippen molar-refractivity contribution in [3.8, 4) is 0 Å². The van der Waals surface area contributed by atoms with Gasteiger partial charge in [0.05, 0.1) is 0 Å². The number of nitrogens with two attached hydrogens (primary N) is 1. The van der Waals surface area contributed by atoms with E-state index in [-0.39, 0.29) is 0 Å². The maximum absolute atomic E-state index is 5.54. The first-order chi connectivity index (χ1) is 5.68. The van der Waals surface area contributed by atoms with Crippen LogP contribution in [0.3, 0.4) is 0 Å². The molecule has 0 aromatic heterocycles. The minimum absolute atomic E-state index is 0.343. The number of nitrogens with zero attached hydrogens (tertiary/aromatic N) is 1. The molecule has 1 fully saturated rings. The van der Waals surface area contributed by atoms with Crippen LogP contribution in [0.15, 0.2) is 16.8 Å². The summed E-state index contributed by atoms with van der Waals surface area (Å²) in [6, 6.07) is 0. The predicted octanol–water partition coefficient (Wildman–Crippen LogP) is 2.11. The van der Waals surface area contributed by atoms with Crippen LogP contribution >= 0.6 is 0 Å². The van der Waals surface area contributed by atoms with E-state index < -0.39 is 0 Å². The molecule has 2 N–H and O–H groups in total. The zero-order valence-electron chi connectivity index (χ0n) is 8.22. The molecule has 0 heterocycles. The quantitative estimate of drug-likeness (QED) is 0.641. The van der Waals surface area contributed by atoms with Crippen molar-refractivity contribution in [1.29, 1.82) is 0 Å². The highest BCUT2D eigenvalue weighted by atomic mass is 14.7. The molecular formula is C10H18N2. The second-order valence-electron chi connectivity index (χ2n) is 3.68.